The molecule has 12 heavy (non-hydrogen) atoms. The molecule has 0 aliphatic heterocycles. The van der Waals surface area contributed by atoms with E-state index in [0.29, 0.717) is 13.2 Å². The third-order valence-electron chi connectivity index (χ3n) is 1.23. The normalized spacial score (nSPS) is 11.0. The van der Waals surface area contributed by atoms with Crippen LogP contribution in [0.5, 0.6) is 0 Å². The highest BCUT2D eigenvalue weighted by atomic mass is 16.7. The Hall–Kier alpha value is -0.200. The Morgan fingerprint density at radius 1 is 1.17 bits per heavy atom. The Morgan fingerprint density at radius 3 is 2.33 bits per heavy atom. The van der Waals surface area contributed by atoms with Gasteiger partial charge in [-0.1, -0.05) is 0 Å². The van der Waals surface area contributed by atoms with Crippen molar-refractivity contribution < 1.29 is 24.4 Å². The van der Waals surface area contributed by atoms with Crippen molar-refractivity contribution in [2.24, 2.45) is 0 Å². The van der Waals surface area contributed by atoms with Crippen molar-refractivity contribution in [3.05, 3.63) is 0 Å². The molecule has 0 unspecified atom stereocenters. The zero-order valence-corrected chi connectivity index (χ0v) is 7.23. The fraction of sp³-hybridized carbons (Fsp3) is 1.00. The van der Waals surface area contributed by atoms with E-state index in [1.165, 1.54) is 0 Å². The van der Waals surface area contributed by atoms with Crippen molar-refractivity contribution in [1.29, 1.82) is 0 Å². The van der Waals surface area contributed by atoms with Gasteiger partial charge >= 0.3 is 0 Å². The van der Waals surface area contributed by atoms with Crippen LogP contribution in [-0.4, -0.2) is 56.6 Å². The molecule has 5 heteroatoms. The number of ether oxygens (including phenoxy) is 3. The lowest BCUT2D eigenvalue weighted by Gasteiger charge is -2.11. The Kier molecular flexibility index (Phi) is 8.74. The number of aliphatic hydroxyl groups excluding tert-OH is 2. The van der Waals surface area contributed by atoms with Crippen LogP contribution in [0.2, 0.25) is 0 Å². The lowest BCUT2D eigenvalue weighted by atomic mass is 10.4. The van der Waals surface area contributed by atoms with E-state index in [4.69, 9.17) is 24.4 Å². The minimum Gasteiger partial charge on any atom is -0.394 e. The van der Waals surface area contributed by atoms with E-state index in [-0.39, 0.29) is 20.0 Å². The summed E-state index contributed by atoms with van der Waals surface area (Å²) in [6.45, 7) is 0.607. The summed E-state index contributed by atoms with van der Waals surface area (Å²) in [4.78, 5) is 0. The first-order chi connectivity index (χ1) is 5.85. The van der Waals surface area contributed by atoms with E-state index in [1.807, 2.05) is 0 Å². The minimum absolute atomic E-state index is 0.0646. The predicted molar refractivity (Wildman–Crippen MR) is 41.7 cm³/mol. The average molecular weight is 180 g/mol. The van der Waals surface area contributed by atoms with E-state index < -0.39 is 6.10 Å². The topological polar surface area (TPSA) is 68.2 Å². The van der Waals surface area contributed by atoms with Gasteiger partial charge in [0.2, 0.25) is 0 Å². The van der Waals surface area contributed by atoms with Gasteiger partial charge in [0.1, 0.15) is 12.9 Å². The molecule has 0 saturated heterocycles. The van der Waals surface area contributed by atoms with Crippen molar-refractivity contribution in [1.82, 2.24) is 0 Å². The molecule has 0 aliphatic carbocycles. The van der Waals surface area contributed by atoms with E-state index in [9.17, 15) is 0 Å². The van der Waals surface area contributed by atoms with Crippen LogP contribution < -0.4 is 0 Å². The second kappa shape index (κ2) is 8.89. The summed E-state index contributed by atoms with van der Waals surface area (Å²) in [6, 6.07) is 0. The average Bonchev–Trinajstić information content (AvgIpc) is 2.11. The molecular weight excluding hydrogens is 164 g/mol. The quantitative estimate of drug-likeness (QED) is 0.369. The van der Waals surface area contributed by atoms with Crippen LogP contribution in [0, 0.1) is 0 Å². The molecule has 0 bridgehead atoms. The molecule has 0 atom stereocenters. The maximum atomic E-state index is 8.56. The molecule has 0 aliphatic rings. The molecule has 5 nitrogen and oxygen atoms in total. The van der Waals surface area contributed by atoms with Crippen LogP contribution in [0.3, 0.4) is 0 Å². The summed E-state index contributed by atoms with van der Waals surface area (Å²) in [5, 5.41) is 17.1. The van der Waals surface area contributed by atoms with Crippen LogP contribution in [0.25, 0.3) is 0 Å². The van der Waals surface area contributed by atoms with Crippen molar-refractivity contribution in [2.45, 2.75) is 6.10 Å². The van der Waals surface area contributed by atoms with Gasteiger partial charge in [-0.15, -0.1) is 0 Å². The molecule has 0 fully saturated rings. The number of aliphatic hydroxyl groups is 2. The SMILES string of the molecule is COCCOCOC(CO)CO. The van der Waals surface area contributed by atoms with Crippen LogP contribution in [0.15, 0.2) is 0 Å². The van der Waals surface area contributed by atoms with Gasteiger partial charge in [0.15, 0.2) is 0 Å². The summed E-state index contributed by atoms with van der Waals surface area (Å²) in [7, 11) is 1.58. The highest BCUT2D eigenvalue weighted by Gasteiger charge is 2.04. The van der Waals surface area contributed by atoms with Crippen LogP contribution in [0.1, 0.15) is 0 Å². The number of hydrogen-bond donors (Lipinski definition) is 2. The van der Waals surface area contributed by atoms with Crippen molar-refractivity contribution in [3.63, 3.8) is 0 Å². The van der Waals surface area contributed by atoms with Gasteiger partial charge in [-0.05, 0) is 0 Å². The van der Waals surface area contributed by atoms with Gasteiger partial charge in [0, 0.05) is 7.11 Å². The lowest BCUT2D eigenvalue weighted by molar-refractivity contribution is -0.120. The lowest BCUT2D eigenvalue weighted by Crippen LogP contribution is -2.23. The molecular formula is C7H16O5. The maximum absolute atomic E-state index is 8.56. The van der Waals surface area contributed by atoms with Crippen LogP contribution in [-0.2, 0) is 14.2 Å². The first-order valence-electron chi connectivity index (χ1n) is 3.75. The van der Waals surface area contributed by atoms with Gasteiger partial charge in [0.25, 0.3) is 0 Å². The van der Waals surface area contributed by atoms with E-state index in [2.05, 4.69) is 0 Å². The summed E-state index contributed by atoms with van der Waals surface area (Å²) in [5.74, 6) is 0. The molecule has 74 valence electrons. The molecule has 2 N–H and O–H groups in total. The molecule has 0 aromatic carbocycles. The highest BCUT2D eigenvalue weighted by Crippen LogP contribution is 1.89. The van der Waals surface area contributed by atoms with Crippen molar-refractivity contribution in [2.75, 3.05) is 40.3 Å². The summed E-state index contributed by atoms with van der Waals surface area (Å²) in [5.41, 5.74) is 0. The van der Waals surface area contributed by atoms with E-state index >= 15 is 0 Å². The van der Waals surface area contributed by atoms with Gasteiger partial charge in [0.05, 0.1) is 26.4 Å². The minimum atomic E-state index is -0.549. The zero-order valence-electron chi connectivity index (χ0n) is 7.23. The molecule has 0 spiro atoms. The Bertz CT molecular complexity index is 83.9. The standard InChI is InChI=1S/C7H16O5/c1-10-2-3-11-6-12-7(4-8)5-9/h7-9H,2-6H2,1H3. The molecule has 0 rings (SSSR count). The smallest absolute Gasteiger partial charge is 0.147 e. The predicted octanol–water partition coefficient (Wildman–Crippen LogP) is -1.02. The number of methoxy groups -OCH3 is 1. The van der Waals surface area contributed by atoms with Crippen molar-refractivity contribution >= 4 is 0 Å². The molecule has 0 heterocycles. The fourth-order valence-corrected chi connectivity index (χ4v) is 0.509. The summed E-state index contributed by atoms with van der Waals surface area (Å²) >= 11 is 0. The molecule has 0 aromatic rings. The Morgan fingerprint density at radius 2 is 1.83 bits per heavy atom. The van der Waals surface area contributed by atoms with Gasteiger partial charge in [-0.2, -0.15) is 0 Å². The molecule has 0 saturated carbocycles. The first-order valence-corrected chi connectivity index (χ1v) is 3.75. The third kappa shape index (κ3) is 6.51. The zero-order chi connectivity index (χ0) is 9.23. The van der Waals surface area contributed by atoms with E-state index in [1.54, 1.807) is 7.11 Å². The molecule has 0 radical (unpaired) electrons. The molecule has 0 amide bonds. The Labute approximate surface area is 71.9 Å². The second-order valence-electron chi connectivity index (χ2n) is 2.17. The third-order valence-corrected chi connectivity index (χ3v) is 1.23. The highest BCUT2D eigenvalue weighted by molar-refractivity contribution is 4.49. The van der Waals surface area contributed by atoms with E-state index in [0.717, 1.165) is 0 Å². The van der Waals surface area contributed by atoms with Crippen LogP contribution >= 0.6 is 0 Å². The Balaban J connectivity index is 3.06. The number of hydrogen-bond acceptors (Lipinski definition) is 5. The van der Waals surface area contributed by atoms with Crippen LogP contribution in [0.4, 0.5) is 0 Å². The number of rotatable bonds is 8. The summed E-state index contributed by atoms with van der Waals surface area (Å²) in [6.07, 6.45) is -0.549. The second-order valence-corrected chi connectivity index (χ2v) is 2.17. The van der Waals surface area contributed by atoms with Gasteiger partial charge in [-0.3, -0.25) is 0 Å². The van der Waals surface area contributed by atoms with Gasteiger partial charge < -0.3 is 24.4 Å². The molecule has 0 aromatic heterocycles. The summed E-state index contributed by atoms with van der Waals surface area (Å²) < 4.78 is 14.6. The maximum Gasteiger partial charge on any atom is 0.147 e. The first kappa shape index (κ1) is 11.8. The monoisotopic (exact) mass is 180 g/mol. The van der Waals surface area contributed by atoms with Gasteiger partial charge in [-0.25, -0.2) is 0 Å². The largest absolute Gasteiger partial charge is 0.394 e. The fourth-order valence-electron chi connectivity index (χ4n) is 0.509. The van der Waals surface area contributed by atoms with Crippen molar-refractivity contribution in [3.8, 4) is 0 Å².